The van der Waals surface area contributed by atoms with Crippen LogP contribution < -0.4 is 9.47 Å². The highest BCUT2D eigenvalue weighted by molar-refractivity contribution is 6.35. The third-order valence-electron chi connectivity index (χ3n) is 3.00. The normalized spacial score (nSPS) is 10.3. The summed E-state index contributed by atoms with van der Waals surface area (Å²) >= 11 is 12.2. The van der Waals surface area contributed by atoms with Crippen molar-refractivity contribution in [3.63, 3.8) is 0 Å². The van der Waals surface area contributed by atoms with E-state index < -0.39 is 0 Å². The summed E-state index contributed by atoms with van der Waals surface area (Å²) in [5.41, 5.74) is 1.27. The Labute approximate surface area is 133 Å². The SMILES string of the molecule is COc1cc(C(C)=O)ccc1OCc1c(Cl)cccc1Cl. The molecule has 5 heteroatoms. The molecule has 0 radical (unpaired) electrons. The van der Waals surface area contributed by atoms with Gasteiger partial charge in [0.05, 0.1) is 7.11 Å². The van der Waals surface area contributed by atoms with Crippen LogP contribution in [0.15, 0.2) is 36.4 Å². The van der Waals surface area contributed by atoms with Crippen molar-refractivity contribution in [3.8, 4) is 11.5 Å². The summed E-state index contributed by atoms with van der Waals surface area (Å²) in [6, 6.07) is 10.3. The Morgan fingerprint density at radius 2 is 1.76 bits per heavy atom. The van der Waals surface area contributed by atoms with Crippen LogP contribution in [0.25, 0.3) is 0 Å². The van der Waals surface area contributed by atoms with Gasteiger partial charge in [-0.2, -0.15) is 0 Å². The van der Waals surface area contributed by atoms with Crippen molar-refractivity contribution in [1.82, 2.24) is 0 Å². The molecule has 21 heavy (non-hydrogen) atoms. The number of methoxy groups -OCH3 is 1. The van der Waals surface area contributed by atoms with Gasteiger partial charge in [-0.25, -0.2) is 0 Å². The van der Waals surface area contributed by atoms with Crippen molar-refractivity contribution < 1.29 is 14.3 Å². The summed E-state index contributed by atoms with van der Waals surface area (Å²) in [5, 5.41) is 1.09. The maximum absolute atomic E-state index is 11.4. The van der Waals surface area contributed by atoms with Crippen molar-refractivity contribution in [2.24, 2.45) is 0 Å². The van der Waals surface area contributed by atoms with Crippen molar-refractivity contribution in [2.75, 3.05) is 7.11 Å². The number of rotatable bonds is 5. The van der Waals surface area contributed by atoms with Gasteiger partial charge in [-0.15, -0.1) is 0 Å². The van der Waals surface area contributed by atoms with Gasteiger partial charge in [0.1, 0.15) is 6.61 Å². The van der Waals surface area contributed by atoms with Gasteiger partial charge < -0.3 is 9.47 Å². The number of hydrogen-bond acceptors (Lipinski definition) is 3. The average Bonchev–Trinajstić information content (AvgIpc) is 2.46. The van der Waals surface area contributed by atoms with Gasteiger partial charge in [-0.05, 0) is 37.3 Å². The van der Waals surface area contributed by atoms with Crippen LogP contribution in [0, 0.1) is 0 Å². The first-order valence-corrected chi connectivity index (χ1v) is 7.03. The molecule has 0 amide bonds. The lowest BCUT2D eigenvalue weighted by atomic mass is 10.1. The molecular formula is C16H14Cl2O3. The van der Waals surface area contributed by atoms with E-state index in [4.69, 9.17) is 32.7 Å². The number of Topliss-reactive ketones (excluding diaryl/α,β-unsaturated/α-hetero) is 1. The topological polar surface area (TPSA) is 35.5 Å². The minimum atomic E-state index is -0.0333. The number of ketones is 1. The molecular weight excluding hydrogens is 311 g/mol. The third kappa shape index (κ3) is 3.69. The molecule has 0 saturated heterocycles. The van der Waals surface area contributed by atoms with Crippen molar-refractivity contribution in [2.45, 2.75) is 13.5 Å². The maximum atomic E-state index is 11.4. The Kier molecular flexibility index (Phi) is 5.10. The van der Waals surface area contributed by atoms with E-state index >= 15 is 0 Å². The van der Waals surface area contributed by atoms with Gasteiger partial charge in [-0.1, -0.05) is 29.3 Å². The number of carbonyl (C=O) groups is 1. The van der Waals surface area contributed by atoms with Gasteiger partial charge in [0, 0.05) is 21.2 Å². The molecule has 0 aliphatic carbocycles. The predicted molar refractivity (Wildman–Crippen MR) is 83.8 cm³/mol. The fraction of sp³-hybridized carbons (Fsp3) is 0.188. The summed E-state index contributed by atoms with van der Waals surface area (Å²) < 4.78 is 10.9. The summed E-state index contributed by atoms with van der Waals surface area (Å²) in [6.45, 7) is 1.72. The second-order valence-electron chi connectivity index (χ2n) is 4.41. The Hall–Kier alpha value is -1.71. The first-order valence-electron chi connectivity index (χ1n) is 6.27. The van der Waals surface area contributed by atoms with Gasteiger partial charge >= 0.3 is 0 Å². The van der Waals surface area contributed by atoms with Crippen LogP contribution in [-0.2, 0) is 6.61 Å². The molecule has 110 valence electrons. The van der Waals surface area contributed by atoms with E-state index in [9.17, 15) is 4.79 Å². The van der Waals surface area contributed by atoms with Crippen LogP contribution in [0.2, 0.25) is 10.0 Å². The standard InChI is InChI=1S/C16H14Cl2O3/c1-10(19)11-6-7-15(16(8-11)20-2)21-9-12-13(17)4-3-5-14(12)18/h3-8H,9H2,1-2H3. The Bertz CT molecular complexity index is 648. The fourth-order valence-corrected chi connectivity index (χ4v) is 2.33. The van der Waals surface area contributed by atoms with E-state index in [-0.39, 0.29) is 12.4 Å². The smallest absolute Gasteiger partial charge is 0.161 e. The Morgan fingerprint density at radius 1 is 1.10 bits per heavy atom. The first-order chi connectivity index (χ1) is 10.0. The van der Waals surface area contributed by atoms with E-state index in [0.717, 1.165) is 0 Å². The third-order valence-corrected chi connectivity index (χ3v) is 3.71. The average molecular weight is 325 g/mol. The van der Waals surface area contributed by atoms with Crippen LogP contribution in [0.5, 0.6) is 11.5 Å². The molecule has 0 bridgehead atoms. The summed E-state index contributed by atoms with van der Waals surface area (Å²) in [7, 11) is 1.52. The number of benzene rings is 2. The molecule has 0 heterocycles. The first kappa shape index (κ1) is 15.7. The molecule has 0 N–H and O–H groups in total. The number of ether oxygens (including phenoxy) is 2. The second kappa shape index (κ2) is 6.83. The van der Waals surface area contributed by atoms with Crippen LogP contribution >= 0.6 is 23.2 Å². The molecule has 2 aromatic rings. The minimum absolute atomic E-state index is 0.0333. The molecule has 3 nitrogen and oxygen atoms in total. The number of hydrogen-bond donors (Lipinski definition) is 0. The fourth-order valence-electron chi connectivity index (χ4n) is 1.83. The molecule has 0 fully saturated rings. The predicted octanol–water partition coefficient (Wildman–Crippen LogP) is 4.78. The lowest BCUT2D eigenvalue weighted by molar-refractivity contribution is 0.101. The lowest BCUT2D eigenvalue weighted by Gasteiger charge is -2.13. The Morgan fingerprint density at radius 3 is 2.33 bits per heavy atom. The molecule has 0 aliphatic heterocycles. The highest BCUT2D eigenvalue weighted by Gasteiger charge is 2.11. The van der Waals surface area contributed by atoms with Gasteiger partial charge in [0.15, 0.2) is 17.3 Å². The molecule has 2 rings (SSSR count). The van der Waals surface area contributed by atoms with Crippen LogP contribution in [0.1, 0.15) is 22.8 Å². The zero-order valence-electron chi connectivity index (χ0n) is 11.7. The van der Waals surface area contributed by atoms with Crippen molar-refractivity contribution >= 4 is 29.0 Å². The molecule has 2 aromatic carbocycles. The maximum Gasteiger partial charge on any atom is 0.161 e. The van der Waals surface area contributed by atoms with E-state index in [1.54, 1.807) is 36.4 Å². The quantitative estimate of drug-likeness (QED) is 0.742. The number of halogens is 2. The zero-order valence-corrected chi connectivity index (χ0v) is 13.2. The van der Waals surface area contributed by atoms with Crippen molar-refractivity contribution in [1.29, 1.82) is 0 Å². The van der Waals surface area contributed by atoms with Crippen LogP contribution in [-0.4, -0.2) is 12.9 Å². The van der Waals surface area contributed by atoms with Gasteiger partial charge in [-0.3, -0.25) is 4.79 Å². The van der Waals surface area contributed by atoms with E-state index in [1.807, 2.05) is 0 Å². The van der Waals surface area contributed by atoms with Gasteiger partial charge in [0.25, 0.3) is 0 Å². The zero-order chi connectivity index (χ0) is 15.4. The molecule has 0 aliphatic rings. The van der Waals surface area contributed by atoms with Gasteiger partial charge in [0.2, 0.25) is 0 Å². The highest BCUT2D eigenvalue weighted by atomic mass is 35.5. The summed E-state index contributed by atoms with van der Waals surface area (Å²) in [4.78, 5) is 11.4. The molecule has 0 aromatic heterocycles. The highest BCUT2D eigenvalue weighted by Crippen LogP contribution is 2.31. The summed E-state index contributed by atoms with van der Waals surface area (Å²) in [6.07, 6.45) is 0. The number of carbonyl (C=O) groups excluding carboxylic acids is 1. The van der Waals surface area contributed by atoms with Crippen LogP contribution in [0.4, 0.5) is 0 Å². The van der Waals surface area contributed by atoms with E-state index in [0.29, 0.717) is 32.7 Å². The second-order valence-corrected chi connectivity index (χ2v) is 5.23. The minimum Gasteiger partial charge on any atom is -0.493 e. The Balaban J connectivity index is 2.22. The monoisotopic (exact) mass is 324 g/mol. The molecule has 0 unspecified atom stereocenters. The molecule has 0 atom stereocenters. The summed E-state index contributed by atoms with van der Waals surface area (Å²) in [5.74, 6) is 0.985. The van der Waals surface area contributed by atoms with E-state index in [2.05, 4.69) is 0 Å². The van der Waals surface area contributed by atoms with Crippen LogP contribution in [0.3, 0.4) is 0 Å². The molecule has 0 saturated carbocycles. The largest absolute Gasteiger partial charge is 0.493 e. The molecule has 0 spiro atoms. The lowest BCUT2D eigenvalue weighted by Crippen LogP contribution is -2.01. The van der Waals surface area contributed by atoms with E-state index in [1.165, 1.54) is 14.0 Å². The van der Waals surface area contributed by atoms with Crippen molar-refractivity contribution in [3.05, 3.63) is 57.6 Å².